The number of hydrogen-bond donors (Lipinski definition) is 3. The molecule has 0 saturated carbocycles. The normalized spacial score (nSPS) is 10.4. The zero-order valence-corrected chi connectivity index (χ0v) is 15.5. The number of methoxy groups -OCH3 is 1. The molecule has 8 nitrogen and oxygen atoms in total. The van der Waals surface area contributed by atoms with Crippen molar-refractivity contribution < 1.29 is 23.9 Å². The first-order valence-electron chi connectivity index (χ1n) is 8.15. The minimum absolute atomic E-state index is 0.148. The van der Waals surface area contributed by atoms with Crippen LogP contribution in [0.3, 0.4) is 0 Å². The summed E-state index contributed by atoms with van der Waals surface area (Å²) in [4.78, 5) is 38.8. The number of aromatic nitrogens is 1. The van der Waals surface area contributed by atoms with Crippen LogP contribution in [0.15, 0.2) is 48.5 Å². The second kappa shape index (κ2) is 8.45. The number of halogens is 1. The van der Waals surface area contributed by atoms with Crippen molar-refractivity contribution >= 4 is 40.3 Å². The molecule has 3 aromatic rings. The van der Waals surface area contributed by atoms with Crippen LogP contribution in [0.1, 0.15) is 20.8 Å². The molecule has 0 aliphatic heterocycles. The lowest BCUT2D eigenvalue weighted by molar-refractivity contribution is -0.142. The molecule has 0 aliphatic rings. The topological polar surface area (TPSA) is 110 Å². The van der Waals surface area contributed by atoms with Crippen molar-refractivity contribution in [2.24, 2.45) is 0 Å². The van der Waals surface area contributed by atoms with Gasteiger partial charge in [0.25, 0.3) is 11.8 Å². The summed E-state index contributed by atoms with van der Waals surface area (Å²) in [5, 5.41) is 1.32. The predicted molar refractivity (Wildman–Crippen MR) is 102 cm³/mol. The summed E-state index contributed by atoms with van der Waals surface area (Å²) >= 11 is 5.94. The number of ether oxygens (including phenoxy) is 2. The Kier molecular flexibility index (Phi) is 5.81. The lowest BCUT2D eigenvalue weighted by atomic mass is 10.2. The third kappa shape index (κ3) is 4.41. The second-order valence-electron chi connectivity index (χ2n) is 5.68. The number of carbonyl (C=O) groups excluding carboxylic acids is 3. The molecular weight excluding hydrogens is 386 g/mol. The van der Waals surface area contributed by atoms with Gasteiger partial charge in [-0.05, 0) is 36.4 Å². The molecule has 0 bridgehead atoms. The number of nitrogens with one attached hydrogen (secondary N) is 3. The van der Waals surface area contributed by atoms with E-state index in [0.29, 0.717) is 5.02 Å². The highest BCUT2D eigenvalue weighted by Gasteiger charge is 2.15. The molecule has 0 unspecified atom stereocenters. The van der Waals surface area contributed by atoms with E-state index in [1.165, 1.54) is 19.2 Å². The van der Waals surface area contributed by atoms with Gasteiger partial charge in [0.15, 0.2) is 6.61 Å². The molecule has 0 fully saturated rings. The van der Waals surface area contributed by atoms with E-state index in [2.05, 4.69) is 20.6 Å². The monoisotopic (exact) mass is 401 g/mol. The third-order valence-corrected chi connectivity index (χ3v) is 4.06. The molecule has 0 saturated heterocycles. The number of carbonyl (C=O) groups is 3. The van der Waals surface area contributed by atoms with Crippen LogP contribution in [-0.2, 0) is 9.53 Å². The number of H-pyrrole nitrogens is 1. The number of esters is 1. The molecule has 0 aliphatic carbocycles. The zero-order chi connectivity index (χ0) is 20.1. The van der Waals surface area contributed by atoms with E-state index in [4.69, 9.17) is 16.3 Å². The Labute approximate surface area is 164 Å². The van der Waals surface area contributed by atoms with Crippen LogP contribution < -0.4 is 15.6 Å². The first-order chi connectivity index (χ1) is 13.5. The highest BCUT2D eigenvalue weighted by atomic mass is 35.5. The van der Waals surface area contributed by atoms with Crippen LogP contribution in [-0.4, -0.2) is 36.5 Å². The number of rotatable bonds is 5. The molecule has 0 atom stereocenters. The smallest absolute Gasteiger partial charge is 0.343 e. The van der Waals surface area contributed by atoms with Gasteiger partial charge in [-0.25, -0.2) is 4.79 Å². The first kappa shape index (κ1) is 19.2. The second-order valence-corrected chi connectivity index (χ2v) is 6.12. The predicted octanol–water partition coefficient (Wildman–Crippen LogP) is 2.45. The number of aromatic amines is 1. The van der Waals surface area contributed by atoms with Crippen LogP contribution in [0, 0.1) is 0 Å². The summed E-state index contributed by atoms with van der Waals surface area (Å²) in [7, 11) is 1.23. The van der Waals surface area contributed by atoms with E-state index in [0.717, 1.165) is 10.9 Å². The van der Waals surface area contributed by atoms with Crippen molar-refractivity contribution in [3.63, 3.8) is 0 Å². The number of para-hydroxylation sites is 1. The fraction of sp³-hybridized carbons (Fsp3) is 0.105. The quantitative estimate of drug-likeness (QED) is 0.449. The van der Waals surface area contributed by atoms with Gasteiger partial charge in [-0.15, -0.1) is 0 Å². The summed E-state index contributed by atoms with van der Waals surface area (Å²) in [6.07, 6.45) is 0. The van der Waals surface area contributed by atoms with Crippen LogP contribution in [0.5, 0.6) is 5.75 Å². The van der Waals surface area contributed by atoms with Crippen LogP contribution in [0.2, 0.25) is 5.02 Å². The molecule has 1 aromatic heterocycles. The fourth-order valence-electron chi connectivity index (χ4n) is 2.45. The van der Waals surface area contributed by atoms with E-state index in [9.17, 15) is 14.4 Å². The third-order valence-electron chi connectivity index (χ3n) is 3.82. The molecule has 144 valence electrons. The fourth-order valence-corrected chi connectivity index (χ4v) is 2.63. The maximum absolute atomic E-state index is 12.4. The number of amides is 2. The van der Waals surface area contributed by atoms with Gasteiger partial charge in [0.2, 0.25) is 0 Å². The lowest BCUT2D eigenvalue weighted by Crippen LogP contribution is -2.41. The molecule has 9 heteroatoms. The summed E-state index contributed by atoms with van der Waals surface area (Å²) in [5.41, 5.74) is 5.78. The number of fused-ring (bicyclic) bond motifs is 1. The molecule has 3 N–H and O–H groups in total. The van der Waals surface area contributed by atoms with Crippen LogP contribution in [0.4, 0.5) is 0 Å². The van der Waals surface area contributed by atoms with E-state index < -0.39 is 17.8 Å². The van der Waals surface area contributed by atoms with Crippen molar-refractivity contribution in [3.8, 4) is 5.75 Å². The van der Waals surface area contributed by atoms with E-state index >= 15 is 0 Å². The van der Waals surface area contributed by atoms with Gasteiger partial charge in [0, 0.05) is 15.9 Å². The van der Waals surface area contributed by atoms with Crippen molar-refractivity contribution in [1.82, 2.24) is 15.8 Å². The molecule has 0 radical (unpaired) electrons. The largest absolute Gasteiger partial charge is 0.481 e. The number of hydrogen-bond acceptors (Lipinski definition) is 5. The van der Waals surface area contributed by atoms with Gasteiger partial charge in [0.1, 0.15) is 11.4 Å². The summed E-state index contributed by atoms with van der Waals surface area (Å²) in [5.74, 6) is -1.54. The molecule has 3 rings (SSSR count). The van der Waals surface area contributed by atoms with Gasteiger partial charge in [-0.2, -0.15) is 0 Å². The van der Waals surface area contributed by atoms with Crippen molar-refractivity contribution in [3.05, 3.63) is 64.8 Å². The van der Waals surface area contributed by atoms with Gasteiger partial charge in [-0.3, -0.25) is 20.4 Å². The maximum atomic E-state index is 12.4. The molecule has 28 heavy (non-hydrogen) atoms. The zero-order valence-electron chi connectivity index (χ0n) is 14.7. The summed E-state index contributed by atoms with van der Waals surface area (Å²) in [6.45, 7) is -0.342. The number of benzene rings is 2. The highest BCUT2D eigenvalue weighted by molar-refractivity contribution is 6.31. The minimum Gasteiger partial charge on any atom is -0.481 e. The Morgan fingerprint density at radius 3 is 2.57 bits per heavy atom. The van der Waals surface area contributed by atoms with Crippen LogP contribution in [0.25, 0.3) is 10.9 Å². The average molecular weight is 402 g/mol. The molecule has 0 spiro atoms. The number of hydrazine groups is 1. The summed E-state index contributed by atoms with van der Waals surface area (Å²) in [6, 6.07) is 13.1. The molecule has 2 aromatic carbocycles. The van der Waals surface area contributed by atoms with Gasteiger partial charge in [0.05, 0.1) is 12.7 Å². The van der Waals surface area contributed by atoms with E-state index in [-0.39, 0.29) is 23.6 Å². The standard InChI is InChI=1S/C19H16ClN3O5/c1-27-17(24)10-28-16-5-3-2-4-13(16)18(25)22-23-19(26)15-9-11-8-12(20)6-7-14(11)21-15/h2-9,21H,10H2,1H3,(H,22,25)(H,23,26). The SMILES string of the molecule is COC(=O)COc1ccccc1C(=O)NNC(=O)c1cc2cc(Cl)ccc2[nH]1. The highest BCUT2D eigenvalue weighted by Crippen LogP contribution is 2.20. The van der Waals surface area contributed by atoms with E-state index in [1.807, 2.05) is 0 Å². The van der Waals surface area contributed by atoms with Gasteiger partial charge >= 0.3 is 5.97 Å². The Morgan fingerprint density at radius 1 is 1.04 bits per heavy atom. The van der Waals surface area contributed by atoms with Gasteiger partial charge in [-0.1, -0.05) is 23.7 Å². The molecule has 2 amide bonds. The lowest BCUT2D eigenvalue weighted by Gasteiger charge is -2.11. The average Bonchev–Trinajstić information content (AvgIpc) is 3.13. The van der Waals surface area contributed by atoms with Crippen molar-refractivity contribution in [2.45, 2.75) is 0 Å². The van der Waals surface area contributed by atoms with Crippen LogP contribution >= 0.6 is 11.6 Å². The van der Waals surface area contributed by atoms with Crippen molar-refractivity contribution in [2.75, 3.05) is 13.7 Å². The molecule has 1 heterocycles. The first-order valence-corrected chi connectivity index (χ1v) is 8.53. The Balaban J connectivity index is 1.66. The van der Waals surface area contributed by atoms with E-state index in [1.54, 1.807) is 36.4 Å². The Morgan fingerprint density at radius 2 is 1.79 bits per heavy atom. The Hall–Kier alpha value is -3.52. The van der Waals surface area contributed by atoms with Crippen molar-refractivity contribution in [1.29, 1.82) is 0 Å². The maximum Gasteiger partial charge on any atom is 0.343 e. The minimum atomic E-state index is -0.604. The Bertz CT molecular complexity index is 1050. The molecular formula is C19H16ClN3O5. The van der Waals surface area contributed by atoms with Gasteiger partial charge < -0.3 is 14.5 Å². The summed E-state index contributed by atoms with van der Waals surface area (Å²) < 4.78 is 9.79.